The topological polar surface area (TPSA) is 102 Å². The zero-order chi connectivity index (χ0) is 15.4. The zero-order valence-corrected chi connectivity index (χ0v) is 11.1. The van der Waals surface area contributed by atoms with E-state index in [9.17, 15) is 19.2 Å². The molecule has 0 unspecified atom stereocenters. The van der Waals surface area contributed by atoms with Crippen LogP contribution >= 0.6 is 0 Å². The lowest BCUT2D eigenvalue weighted by Crippen LogP contribution is -2.33. The standard InChI is InChI=1S/C12H12BFN2O5/c1-7(17)20-4-5-21-12-8(13(18)19)6-9-11(10(12)14)16-3-2-15-9/h2-3,6,18-19H,4-5H2,1H3. The molecule has 2 rings (SSSR count). The van der Waals surface area contributed by atoms with Crippen molar-refractivity contribution in [1.29, 1.82) is 0 Å². The van der Waals surface area contributed by atoms with Crippen molar-refractivity contribution in [1.82, 2.24) is 9.97 Å². The van der Waals surface area contributed by atoms with Gasteiger partial charge in [-0.25, -0.2) is 9.37 Å². The fraction of sp³-hybridized carbons (Fsp3) is 0.250. The third-order valence-electron chi connectivity index (χ3n) is 2.60. The summed E-state index contributed by atoms with van der Waals surface area (Å²) in [6.07, 6.45) is 2.67. The van der Waals surface area contributed by atoms with Crippen LogP contribution in [0.15, 0.2) is 18.5 Å². The molecule has 1 aromatic heterocycles. The number of nitrogens with zero attached hydrogens (tertiary/aromatic N) is 2. The maximum atomic E-state index is 14.3. The highest BCUT2D eigenvalue weighted by atomic mass is 19.1. The molecule has 1 heterocycles. The predicted molar refractivity (Wildman–Crippen MR) is 71.4 cm³/mol. The molecule has 2 N–H and O–H groups in total. The molecular weight excluding hydrogens is 282 g/mol. The molecule has 9 heteroatoms. The van der Waals surface area contributed by atoms with E-state index in [2.05, 4.69) is 14.7 Å². The SMILES string of the molecule is CC(=O)OCCOc1c(B(O)O)cc2nccnc2c1F. The van der Waals surface area contributed by atoms with Crippen molar-refractivity contribution in [2.75, 3.05) is 13.2 Å². The van der Waals surface area contributed by atoms with E-state index >= 15 is 0 Å². The Kier molecular flexibility index (Phi) is 4.66. The molecule has 0 aliphatic heterocycles. The van der Waals surface area contributed by atoms with Crippen molar-refractivity contribution in [3.63, 3.8) is 0 Å². The number of halogens is 1. The molecule has 0 spiro atoms. The number of fused-ring (bicyclic) bond motifs is 1. The van der Waals surface area contributed by atoms with Crippen LogP contribution in [0.25, 0.3) is 11.0 Å². The summed E-state index contributed by atoms with van der Waals surface area (Å²) >= 11 is 0. The van der Waals surface area contributed by atoms with Gasteiger partial charge in [-0.1, -0.05) is 0 Å². The number of aromatic nitrogens is 2. The van der Waals surface area contributed by atoms with Crippen LogP contribution in [0.3, 0.4) is 0 Å². The van der Waals surface area contributed by atoms with Gasteiger partial charge < -0.3 is 19.5 Å². The second-order valence-electron chi connectivity index (χ2n) is 4.10. The Balaban J connectivity index is 2.33. The molecule has 21 heavy (non-hydrogen) atoms. The minimum atomic E-state index is -1.94. The summed E-state index contributed by atoms with van der Waals surface area (Å²) in [4.78, 5) is 18.4. The number of ether oxygens (including phenoxy) is 2. The first kappa shape index (κ1) is 15.1. The van der Waals surface area contributed by atoms with E-state index in [4.69, 9.17) is 4.74 Å². The Bertz CT molecular complexity index is 667. The summed E-state index contributed by atoms with van der Waals surface area (Å²) < 4.78 is 24.1. The van der Waals surface area contributed by atoms with Gasteiger partial charge in [0.2, 0.25) is 0 Å². The molecule has 0 fully saturated rings. The number of carbonyl (C=O) groups is 1. The number of carbonyl (C=O) groups excluding carboxylic acids is 1. The Morgan fingerprint density at radius 3 is 2.71 bits per heavy atom. The first-order valence-electron chi connectivity index (χ1n) is 6.06. The van der Waals surface area contributed by atoms with Gasteiger partial charge in [-0.15, -0.1) is 0 Å². The average Bonchev–Trinajstić information content (AvgIpc) is 2.44. The van der Waals surface area contributed by atoms with Crippen LogP contribution in [0.4, 0.5) is 4.39 Å². The Morgan fingerprint density at radius 1 is 1.33 bits per heavy atom. The maximum Gasteiger partial charge on any atom is 0.492 e. The normalized spacial score (nSPS) is 10.5. The fourth-order valence-corrected chi connectivity index (χ4v) is 1.74. The van der Waals surface area contributed by atoms with Crippen molar-refractivity contribution in [2.24, 2.45) is 0 Å². The number of hydrogen-bond acceptors (Lipinski definition) is 7. The molecule has 110 valence electrons. The molecule has 0 amide bonds. The molecule has 0 saturated heterocycles. The monoisotopic (exact) mass is 294 g/mol. The van der Waals surface area contributed by atoms with Gasteiger partial charge in [0, 0.05) is 24.8 Å². The van der Waals surface area contributed by atoms with E-state index < -0.39 is 18.9 Å². The van der Waals surface area contributed by atoms with Gasteiger partial charge in [0.15, 0.2) is 11.6 Å². The number of esters is 1. The summed E-state index contributed by atoms with van der Waals surface area (Å²) in [5, 5.41) is 18.6. The van der Waals surface area contributed by atoms with Gasteiger partial charge in [0.1, 0.15) is 18.7 Å². The highest BCUT2D eigenvalue weighted by Crippen LogP contribution is 2.22. The van der Waals surface area contributed by atoms with E-state index in [-0.39, 0.29) is 35.5 Å². The summed E-state index contributed by atoms with van der Waals surface area (Å²) in [6, 6.07) is 1.28. The van der Waals surface area contributed by atoms with Crippen molar-refractivity contribution in [2.45, 2.75) is 6.92 Å². The molecule has 0 radical (unpaired) electrons. The second-order valence-corrected chi connectivity index (χ2v) is 4.10. The number of benzene rings is 1. The predicted octanol–water partition coefficient (Wildman–Crippen LogP) is -0.609. The van der Waals surface area contributed by atoms with Crippen molar-refractivity contribution < 1.29 is 28.7 Å². The quantitative estimate of drug-likeness (QED) is 0.431. The highest BCUT2D eigenvalue weighted by Gasteiger charge is 2.24. The summed E-state index contributed by atoms with van der Waals surface area (Å²) in [5.41, 5.74) is -0.0573. The van der Waals surface area contributed by atoms with Gasteiger partial charge >= 0.3 is 13.1 Å². The molecule has 0 aliphatic carbocycles. The lowest BCUT2D eigenvalue weighted by atomic mass is 9.79. The molecule has 7 nitrogen and oxygen atoms in total. The van der Waals surface area contributed by atoms with Crippen LogP contribution in [0, 0.1) is 5.82 Å². The van der Waals surface area contributed by atoms with Crippen LogP contribution in [-0.4, -0.2) is 46.3 Å². The van der Waals surface area contributed by atoms with Crippen LogP contribution in [0.1, 0.15) is 6.92 Å². The van der Waals surface area contributed by atoms with Crippen LogP contribution in [-0.2, 0) is 9.53 Å². The van der Waals surface area contributed by atoms with Gasteiger partial charge in [-0.05, 0) is 6.07 Å². The first-order valence-corrected chi connectivity index (χ1v) is 6.06. The van der Waals surface area contributed by atoms with E-state index in [0.717, 1.165) is 0 Å². The summed E-state index contributed by atoms with van der Waals surface area (Å²) in [7, 11) is -1.94. The van der Waals surface area contributed by atoms with E-state index in [1.54, 1.807) is 0 Å². The summed E-state index contributed by atoms with van der Waals surface area (Å²) in [5.74, 6) is -1.71. The van der Waals surface area contributed by atoms with E-state index in [1.165, 1.54) is 25.4 Å². The number of rotatable bonds is 5. The molecule has 0 bridgehead atoms. The molecule has 0 saturated carbocycles. The van der Waals surface area contributed by atoms with Crippen LogP contribution < -0.4 is 10.2 Å². The Labute approximate surface area is 119 Å². The van der Waals surface area contributed by atoms with Crippen LogP contribution in [0.5, 0.6) is 5.75 Å². The fourth-order valence-electron chi connectivity index (χ4n) is 1.74. The van der Waals surface area contributed by atoms with Crippen molar-refractivity contribution >= 4 is 29.6 Å². The largest absolute Gasteiger partial charge is 0.492 e. The third kappa shape index (κ3) is 3.44. The minimum Gasteiger partial charge on any atom is -0.487 e. The first-order chi connectivity index (χ1) is 10.0. The third-order valence-corrected chi connectivity index (χ3v) is 2.60. The van der Waals surface area contributed by atoms with Crippen LogP contribution in [0.2, 0.25) is 0 Å². The minimum absolute atomic E-state index is 0.0515. The maximum absolute atomic E-state index is 14.3. The Morgan fingerprint density at radius 2 is 2.05 bits per heavy atom. The molecule has 0 aliphatic rings. The molecule has 0 atom stereocenters. The average molecular weight is 294 g/mol. The van der Waals surface area contributed by atoms with E-state index in [0.29, 0.717) is 0 Å². The molecule has 1 aromatic carbocycles. The second kappa shape index (κ2) is 6.46. The Hall–Kier alpha value is -2.26. The smallest absolute Gasteiger partial charge is 0.487 e. The lowest BCUT2D eigenvalue weighted by Gasteiger charge is -2.13. The number of hydrogen-bond donors (Lipinski definition) is 2. The van der Waals surface area contributed by atoms with Gasteiger partial charge in [0.25, 0.3) is 0 Å². The lowest BCUT2D eigenvalue weighted by molar-refractivity contribution is -0.141. The van der Waals surface area contributed by atoms with Gasteiger partial charge in [-0.2, -0.15) is 0 Å². The summed E-state index contributed by atoms with van der Waals surface area (Å²) in [6.45, 7) is 1.01. The molecule has 2 aromatic rings. The highest BCUT2D eigenvalue weighted by molar-refractivity contribution is 6.60. The van der Waals surface area contributed by atoms with Crippen molar-refractivity contribution in [3.8, 4) is 5.75 Å². The zero-order valence-electron chi connectivity index (χ0n) is 11.1. The van der Waals surface area contributed by atoms with Gasteiger partial charge in [0.05, 0.1) is 5.52 Å². The molecular formula is C12H12BFN2O5. The van der Waals surface area contributed by atoms with Crippen molar-refractivity contribution in [3.05, 3.63) is 24.3 Å². The van der Waals surface area contributed by atoms with Gasteiger partial charge in [-0.3, -0.25) is 9.78 Å². The van der Waals surface area contributed by atoms with E-state index in [1.807, 2.05) is 0 Å².